The molecule has 0 saturated heterocycles. The molecule has 0 spiro atoms. The number of para-hydroxylation sites is 1. The van der Waals surface area contributed by atoms with Crippen LogP contribution in [0.1, 0.15) is 16.1 Å². The van der Waals surface area contributed by atoms with Crippen molar-refractivity contribution in [1.82, 2.24) is 15.2 Å². The summed E-state index contributed by atoms with van der Waals surface area (Å²) in [4.78, 5) is 12.9. The molecule has 0 saturated carbocycles. The fraction of sp³-hybridized carbons (Fsp3) is 0.0417. The molecule has 7 heteroatoms. The van der Waals surface area contributed by atoms with E-state index in [-0.39, 0.29) is 5.75 Å². The minimum absolute atomic E-state index is 0.126. The summed E-state index contributed by atoms with van der Waals surface area (Å²) in [5.74, 6) is 0.458. The van der Waals surface area contributed by atoms with Crippen LogP contribution < -0.4 is 10.2 Å². The van der Waals surface area contributed by atoms with Crippen molar-refractivity contribution >= 4 is 12.1 Å². The summed E-state index contributed by atoms with van der Waals surface area (Å²) < 4.78 is 6.79. The Labute approximate surface area is 179 Å². The fourth-order valence-corrected chi connectivity index (χ4v) is 3.04. The highest BCUT2D eigenvalue weighted by atomic mass is 16.5. The molecule has 154 valence electrons. The normalized spacial score (nSPS) is 10.9. The average Bonchev–Trinajstić information content (AvgIpc) is 3.25. The third-order valence-electron chi connectivity index (χ3n) is 4.58. The summed E-state index contributed by atoms with van der Waals surface area (Å²) in [7, 11) is 1.61. The number of ether oxygens (including phenoxy) is 1. The molecule has 1 heterocycles. The number of hydrogen-bond acceptors (Lipinski definition) is 5. The van der Waals surface area contributed by atoms with Gasteiger partial charge in [-0.3, -0.25) is 4.79 Å². The average molecular weight is 412 g/mol. The van der Waals surface area contributed by atoms with Crippen LogP contribution in [0.15, 0.2) is 90.0 Å². The number of methoxy groups -OCH3 is 1. The van der Waals surface area contributed by atoms with Crippen LogP contribution in [0.3, 0.4) is 0 Å². The molecular formula is C24H20N4O3. The van der Waals surface area contributed by atoms with Crippen molar-refractivity contribution in [3.8, 4) is 28.4 Å². The first-order chi connectivity index (χ1) is 15.1. The summed E-state index contributed by atoms with van der Waals surface area (Å²) in [6.07, 6.45) is 1.46. The molecule has 2 N–H and O–H groups in total. The Morgan fingerprint density at radius 3 is 2.52 bits per heavy atom. The number of benzene rings is 3. The van der Waals surface area contributed by atoms with Gasteiger partial charge in [-0.05, 0) is 60.2 Å². The van der Waals surface area contributed by atoms with Gasteiger partial charge < -0.3 is 9.84 Å². The number of amides is 1. The second-order valence-electron chi connectivity index (χ2n) is 6.68. The third kappa shape index (κ3) is 4.62. The largest absolute Gasteiger partial charge is 0.508 e. The van der Waals surface area contributed by atoms with Gasteiger partial charge in [0.1, 0.15) is 17.2 Å². The summed E-state index contributed by atoms with van der Waals surface area (Å²) in [6, 6.07) is 25.2. The Morgan fingerprint density at radius 1 is 1.03 bits per heavy atom. The van der Waals surface area contributed by atoms with E-state index in [2.05, 4.69) is 15.6 Å². The van der Waals surface area contributed by atoms with Gasteiger partial charge >= 0.3 is 0 Å². The maximum absolute atomic E-state index is 12.9. The molecule has 4 aromatic rings. The molecule has 31 heavy (non-hydrogen) atoms. The maximum Gasteiger partial charge on any atom is 0.290 e. The number of phenolic OH excluding ortho intramolecular Hbond substituents is 1. The molecule has 1 amide bonds. The van der Waals surface area contributed by atoms with Crippen molar-refractivity contribution in [2.24, 2.45) is 5.10 Å². The molecule has 4 rings (SSSR count). The molecule has 3 aromatic carbocycles. The summed E-state index contributed by atoms with van der Waals surface area (Å²) in [5, 5.41) is 18.2. The lowest BCUT2D eigenvalue weighted by molar-refractivity contribution is 0.0947. The first-order valence-corrected chi connectivity index (χ1v) is 9.56. The van der Waals surface area contributed by atoms with Gasteiger partial charge in [-0.25, -0.2) is 10.1 Å². The van der Waals surface area contributed by atoms with Crippen LogP contribution in [-0.2, 0) is 0 Å². The zero-order chi connectivity index (χ0) is 21.6. The fourth-order valence-electron chi connectivity index (χ4n) is 3.04. The minimum atomic E-state index is -0.410. The van der Waals surface area contributed by atoms with Crippen molar-refractivity contribution in [2.45, 2.75) is 0 Å². The smallest absolute Gasteiger partial charge is 0.290 e. The Balaban J connectivity index is 1.64. The number of carbonyl (C=O) groups excluding carboxylic acids is 1. The maximum atomic E-state index is 12.9. The van der Waals surface area contributed by atoms with E-state index in [1.165, 1.54) is 6.21 Å². The van der Waals surface area contributed by atoms with Gasteiger partial charge in [-0.2, -0.15) is 10.2 Å². The minimum Gasteiger partial charge on any atom is -0.508 e. The standard InChI is InChI=1S/C24H20N4O3/c1-31-21-12-10-18(11-13-21)22-15-23(28(27-22)19-7-3-2-4-8-19)24(30)26-25-16-17-6-5-9-20(29)14-17/h2-16,29H,1H3,(H,26,30)/b25-16-. The summed E-state index contributed by atoms with van der Waals surface area (Å²) in [6.45, 7) is 0. The monoisotopic (exact) mass is 412 g/mol. The Morgan fingerprint density at radius 2 is 1.81 bits per heavy atom. The molecule has 0 aliphatic carbocycles. The molecule has 0 unspecified atom stereocenters. The molecule has 7 nitrogen and oxygen atoms in total. The highest BCUT2D eigenvalue weighted by Crippen LogP contribution is 2.24. The molecule has 1 aromatic heterocycles. The molecule has 0 atom stereocenters. The SMILES string of the molecule is COc1ccc(-c2cc(C(=O)N/N=C\c3cccc(O)c3)n(-c3ccccc3)n2)cc1. The zero-order valence-corrected chi connectivity index (χ0v) is 16.8. The number of carbonyl (C=O) groups is 1. The van der Waals surface area contributed by atoms with Crippen LogP contribution in [0.4, 0.5) is 0 Å². The molecule has 0 radical (unpaired) electrons. The number of rotatable bonds is 6. The van der Waals surface area contributed by atoms with E-state index in [0.29, 0.717) is 17.0 Å². The highest BCUT2D eigenvalue weighted by molar-refractivity contribution is 5.95. The second-order valence-corrected chi connectivity index (χ2v) is 6.68. The van der Waals surface area contributed by atoms with Crippen LogP contribution in [0, 0.1) is 0 Å². The van der Waals surface area contributed by atoms with Gasteiger partial charge in [0.2, 0.25) is 0 Å². The number of aromatic nitrogens is 2. The lowest BCUT2D eigenvalue weighted by atomic mass is 10.1. The van der Waals surface area contributed by atoms with Crippen molar-refractivity contribution in [1.29, 1.82) is 0 Å². The molecule has 0 aliphatic heterocycles. The van der Waals surface area contributed by atoms with Crippen LogP contribution in [0.5, 0.6) is 11.5 Å². The van der Waals surface area contributed by atoms with E-state index >= 15 is 0 Å². The van der Waals surface area contributed by atoms with Crippen LogP contribution >= 0.6 is 0 Å². The van der Waals surface area contributed by atoms with Gasteiger partial charge in [0.15, 0.2) is 0 Å². The number of hydrogen-bond donors (Lipinski definition) is 2. The predicted octanol–water partition coefficient (Wildman–Crippen LogP) is 4.02. The summed E-state index contributed by atoms with van der Waals surface area (Å²) >= 11 is 0. The number of nitrogens with zero attached hydrogens (tertiary/aromatic N) is 3. The van der Waals surface area contributed by atoms with Gasteiger partial charge in [-0.15, -0.1) is 0 Å². The van der Waals surface area contributed by atoms with E-state index in [1.54, 1.807) is 42.1 Å². The predicted molar refractivity (Wildman–Crippen MR) is 119 cm³/mol. The van der Waals surface area contributed by atoms with Gasteiger partial charge in [0, 0.05) is 5.56 Å². The van der Waals surface area contributed by atoms with E-state index in [4.69, 9.17) is 4.74 Å². The van der Waals surface area contributed by atoms with E-state index in [0.717, 1.165) is 17.0 Å². The van der Waals surface area contributed by atoms with E-state index in [1.807, 2.05) is 54.6 Å². The van der Waals surface area contributed by atoms with Gasteiger partial charge in [0.05, 0.1) is 24.7 Å². The quantitative estimate of drug-likeness (QED) is 0.370. The zero-order valence-electron chi connectivity index (χ0n) is 16.8. The number of hydrazone groups is 1. The van der Waals surface area contributed by atoms with Crippen LogP contribution in [-0.4, -0.2) is 34.1 Å². The van der Waals surface area contributed by atoms with Crippen molar-refractivity contribution < 1.29 is 14.6 Å². The lowest BCUT2D eigenvalue weighted by Crippen LogP contribution is -2.21. The number of aromatic hydroxyl groups is 1. The van der Waals surface area contributed by atoms with Gasteiger partial charge in [0.25, 0.3) is 5.91 Å². The second kappa shape index (κ2) is 8.96. The number of nitrogens with one attached hydrogen (secondary N) is 1. The first kappa shape index (κ1) is 19.9. The van der Waals surface area contributed by atoms with Crippen molar-refractivity contribution in [3.63, 3.8) is 0 Å². The molecule has 0 bridgehead atoms. The van der Waals surface area contributed by atoms with Gasteiger partial charge in [-0.1, -0.05) is 30.3 Å². The molecular weight excluding hydrogens is 392 g/mol. The Bertz CT molecular complexity index is 1220. The highest BCUT2D eigenvalue weighted by Gasteiger charge is 2.17. The topological polar surface area (TPSA) is 88.7 Å². The molecule has 0 aliphatic rings. The third-order valence-corrected chi connectivity index (χ3v) is 4.58. The Kier molecular flexibility index (Phi) is 5.75. The van der Waals surface area contributed by atoms with Crippen molar-refractivity contribution in [2.75, 3.05) is 7.11 Å². The van der Waals surface area contributed by atoms with Crippen molar-refractivity contribution in [3.05, 3.63) is 96.2 Å². The van der Waals surface area contributed by atoms with E-state index < -0.39 is 5.91 Å². The van der Waals surface area contributed by atoms with Crippen LogP contribution in [0.25, 0.3) is 16.9 Å². The van der Waals surface area contributed by atoms with Crippen LogP contribution in [0.2, 0.25) is 0 Å². The lowest BCUT2D eigenvalue weighted by Gasteiger charge is -2.06. The Hall–Kier alpha value is -4.39. The number of phenols is 1. The summed E-state index contributed by atoms with van der Waals surface area (Å²) in [5.41, 5.74) is 5.78. The first-order valence-electron chi connectivity index (χ1n) is 9.56. The molecule has 0 fully saturated rings. The van der Waals surface area contributed by atoms with E-state index in [9.17, 15) is 9.90 Å².